The fourth-order valence-corrected chi connectivity index (χ4v) is 5.41. The molecule has 3 rings (SSSR count). The van der Waals surface area contributed by atoms with Gasteiger partial charge in [-0.15, -0.1) is 11.3 Å². The SMILES string of the molecule is CCS(=O)(=O)N1CCC(NC(=O)C(C)(C)c2csc(-c3ccccc3F)n2)CC1. The third-order valence-corrected chi connectivity index (χ3v) is 8.12. The van der Waals surface area contributed by atoms with E-state index in [0.717, 1.165) is 0 Å². The average molecular weight is 440 g/mol. The highest BCUT2D eigenvalue weighted by molar-refractivity contribution is 7.89. The van der Waals surface area contributed by atoms with Crippen LogP contribution in [0.3, 0.4) is 0 Å². The highest BCUT2D eigenvalue weighted by Gasteiger charge is 2.35. The van der Waals surface area contributed by atoms with Crippen molar-refractivity contribution in [3.63, 3.8) is 0 Å². The molecule has 0 radical (unpaired) electrons. The first-order valence-corrected chi connectivity index (χ1v) is 12.1. The minimum Gasteiger partial charge on any atom is -0.352 e. The minimum absolute atomic E-state index is 0.0743. The zero-order chi connectivity index (χ0) is 21.2. The van der Waals surface area contributed by atoms with Crippen LogP contribution in [0.1, 0.15) is 39.3 Å². The van der Waals surface area contributed by atoms with Gasteiger partial charge in [0.25, 0.3) is 0 Å². The van der Waals surface area contributed by atoms with Gasteiger partial charge in [0.2, 0.25) is 15.9 Å². The van der Waals surface area contributed by atoms with Crippen LogP contribution in [-0.2, 0) is 20.2 Å². The molecule has 1 aromatic carbocycles. The molecule has 0 unspecified atom stereocenters. The van der Waals surface area contributed by atoms with Gasteiger partial charge in [-0.3, -0.25) is 4.79 Å². The number of carbonyl (C=O) groups excluding carboxylic acids is 1. The van der Waals surface area contributed by atoms with E-state index < -0.39 is 15.4 Å². The highest BCUT2D eigenvalue weighted by Crippen LogP contribution is 2.32. The minimum atomic E-state index is -3.19. The Morgan fingerprint density at radius 2 is 1.97 bits per heavy atom. The first-order chi connectivity index (χ1) is 13.6. The van der Waals surface area contributed by atoms with Gasteiger partial charge in [-0.05, 0) is 45.7 Å². The molecular weight excluding hydrogens is 413 g/mol. The summed E-state index contributed by atoms with van der Waals surface area (Å²) in [6, 6.07) is 6.36. The van der Waals surface area contributed by atoms with E-state index >= 15 is 0 Å². The van der Waals surface area contributed by atoms with Gasteiger partial charge in [-0.1, -0.05) is 12.1 Å². The lowest BCUT2D eigenvalue weighted by Gasteiger charge is -2.33. The molecule has 1 fully saturated rings. The van der Waals surface area contributed by atoms with Crippen LogP contribution >= 0.6 is 11.3 Å². The van der Waals surface area contributed by atoms with Crippen molar-refractivity contribution >= 4 is 27.3 Å². The van der Waals surface area contributed by atoms with E-state index in [0.29, 0.717) is 42.2 Å². The largest absolute Gasteiger partial charge is 0.352 e. The van der Waals surface area contributed by atoms with E-state index in [2.05, 4.69) is 10.3 Å². The molecule has 1 aliphatic rings. The quantitative estimate of drug-likeness (QED) is 0.750. The van der Waals surface area contributed by atoms with Gasteiger partial charge in [0, 0.05) is 30.1 Å². The summed E-state index contributed by atoms with van der Waals surface area (Å²) in [6.07, 6.45) is 1.16. The van der Waals surface area contributed by atoms with Gasteiger partial charge in [0.05, 0.1) is 16.9 Å². The van der Waals surface area contributed by atoms with E-state index in [-0.39, 0.29) is 23.5 Å². The molecule has 2 heterocycles. The molecule has 0 bridgehead atoms. The first kappa shape index (κ1) is 21.9. The Kier molecular flexibility index (Phi) is 6.40. The Morgan fingerprint density at radius 1 is 1.31 bits per heavy atom. The standard InChI is InChI=1S/C20H26FN3O3S2/c1-4-29(26,27)24-11-9-14(10-12-24)22-19(25)20(2,3)17-13-28-18(23-17)15-7-5-6-8-16(15)21/h5-8,13-14H,4,9-12H2,1-3H3,(H,22,25). The maximum atomic E-state index is 14.0. The number of thiazole rings is 1. The summed E-state index contributed by atoms with van der Waals surface area (Å²) in [5.41, 5.74) is 0.126. The van der Waals surface area contributed by atoms with Gasteiger partial charge >= 0.3 is 0 Å². The lowest BCUT2D eigenvalue weighted by atomic mass is 9.88. The molecule has 0 saturated carbocycles. The van der Waals surface area contributed by atoms with E-state index in [9.17, 15) is 17.6 Å². The number of nitrogens with one attached hydrogen (secondary N) is 1. The van der Waals surface area contributed by atoms with Crippen molar-refractivity contribution in [1.82, 2.24) is 14.6 Å². The van der Waals surface area contributed by atoms with Gasteiger partial charge in [0.1, 0.15) is 10.8 Å². The number of aromatic nitrogens is 1. The van der Waals surface area contributed by atoms with Crippen LogP contribution in [0.15, 0.2) is 29.6 Å². The third-order valence-electron chi connectivity index (χ3n) is 5.36. The molecule has 1 N–H and O–H groups in total. The van der Waals surface area contributed by atoms with Crippen molar-refractivity contribution in [2.75, 3.05) is 18.8 Å². The summed E-state index contributed by atoms with van der Waals surface area (Å²) in [5, 5.41) is 5.37. The monoisotopic (exact) mass is 439 g/mol. The van der Waals surface area contributed by atoms with Gasteiger partial charge in [0.15, 0.2) is 0 Å². The van der Waals surface area contributed by atoms with Gasteiger partial charge in [-0.25, -0.2) is 22.1 Å². The number of sulfonamides is 1. The number of nitrogens with zero attached hydrogens (tertiary/aromatic N) is 2. The maximum absolute atomic E-state index is 14.0. The van der Waals surface area contributed by atoms with Crippen LogP contribution in [0.5, 0.6) is 0 Å². The molecule has 0 spiro atoms. The van der Waals surface area contributed by atoms with Crippen LogP contribution in [-0.4, -0.2) is 48.5 Å². The zero-order valence-corrected chi connectivity index (χ0v) is 18.4. The zero-order valence-electron chi connectivity index (χ0n) is 16.8. The van der Waals surface area contributed by atoms with E-state index in [1.807, 2.05) is 0 Å². The van der Waals surface area contributed by atoms with Crippen molar-refractivity contribution in [2.24, 2.45) is 0 Å². The Bertz CT molecular complexity index is 980. The van der Waals surface area contributed by atoms with E-state index in [1.165, 1.54) is 21.7 Å². The highest BCUT2D eigenvalue weighted by atomic mass is 32.2. The molecule has 158 valence electrons. The Labute approximate surface area is 175 Å². The molecule has 1 aromatic heterocycles. The second kappa shape index (κ2) is 8.49. The predicted molar refractivity (Wildman–Crippen MR) is 113 cm³/mol. The normalized spacial score (nSPS) is 16.7. The molecule has 9 heteroatoms. The molecule has 1 aliphatic heterocycles. The molecule has 0 atom stereocenters. The molecule has 2 aromatic rings. The smallest absolute Gasteiger partial charge is 0.231 e. The number of hydrogen-bond acceptors (Lipinski definition) is 5. The number of hydrogen-bond donors (Lipinski definition) is 1. The van der Waals surface area contributed by atoms with Crippen LogP contribution in [0.25, 0.3) is 10.6 Å². The number of carbonyl (C=O) groups is 1. The third kappa shape index (κ3) is 4.67. The van der Waals surface area contributed by atoms with E-state index in [1.54, 1.807) is 44.4 Å². The van der Waals surface area contributed by atoms with Crippen LogP contribution in [0, 0.1) is 5.82 Å². The molecule has 29 heavy (non-hydrogen) atoms. The predicted octanol–water partition coefficient (Wildman–Crippen LogP) is 3.16. The number of amides is 1. The Morgan fingerprint density at radius 3 is 2.59 bits per heavy atom. The molecule has 1 amide bonds. The van der Waals surface area contributed by atoms with Crippen LogP contribution in [0.2, 0.25) is 0 Å². The lowest BCUT2D eigenvalue weighted by Crippen LogP contribution is -2.50. The molecular formula is C20H26FN3O3S2. The van der Waals surface area contributed by atoms with Crippen molar-refractivity contribution in [1.29, 1.82) is 0 Å². The average Bonchev–Trinajstić information content (AvgIpc) is 3.19. The second-order valence-electron chi connectivity index (χ2n) is 7.69. The summed E-state index contributed by atoms with van der Waals surface area (Å²) in [5.74, 6) is -0.422. The fraction of sp³-hybridized carbons (Fsp3) is 0.500. The van der Waals surface area contributed by atoms with Crippen molar-refractivity contribution in [3.8, 4) is 10.6 Å². The number of piperidine rings is 1. The van der Waals surface area contributed by atoms with Crippen LogP contribution < -0.4 is 5.32 Å². The van der Waals surface area contributed by atoms with Crippen molar-refractivity contribution in [2.45, 2.75) is 45.1 Å². The summed E-state index contributed by atoms with van der Waals surface area (Å²) in [4.78, 5) is 17.4. The first-order valence-electron chi connectivity index (χ1n) is 9.65. The summed E-state index contributed by atoms with van der Waals surface area (Å²) in [7, 11) is -3.19. The number of benzene rings is 1. The fourth-order valence-electron chi connectivity index (χ4n) is 3.26. The number of rotatable bonds is 6. The van der Waals surface area contributed by atoms with Crippen molar-refractivity contribution < 1.29 is 17.6 Å². The second-order valence-corrected chi connectivity index (χ2v) is 10.8. The van der Waals surface area contributed by atoms with E-state index in [4.69, 9.17) is 0 Å². The maximum Gasteiger partial charge on any atom is 0.231 e. The summed E-state index contributed by atoms with van der Waals surface area (Å²) >= 11 is 1.31. The summed E-state index contributed by atoms with van der Waals surface area (Å²) < 4.78 is 39.5. The van der Waals surface area contributed by atoms with Crippen molar-refractivity contribution in [3.05, 3.63) is 41.2 Å². The van der Waals surface area contributed by atoms with Gasteiger partial charge in [-0.2, -0.15) is 0 Å². The topological polar surface area (TPSA) is 79.4 Å². The van der Waals surface area contributed by atoms with Crippen LogP contribution in [0.4, 0.5) is 4.39 Å². The summed E-state index contributed by atoms with van der Waals surface area (Å²) in [6.45, 7) is 6.04. The lowest BCUT2D eigenvalue weighted by molar-refractivity contribution is -0.126. The Balaban J connectivity index is 1.66. The number of halogens is 1. The molecule has 1 saturated heterocycles. The molecule has 6 nitrogen and oxygen atoms in total. The van der Waals surface area contributed by atoms with Gasteiger partial charge < -0.3 is 5.32 Å². The Hall–Kier alpha value is -1.84. The molecule has 0 aliphatic carbocycles.